The Kier molecular flexibility index (Phi) is 4.39. The predicted octanol–water partition coefficient (Wildman–Crippen LogP) is 5.61. The van der Waals surface area contributed by atoms with Gasteiger partial charge in [0, 0.05) is 22.4 Å². The minimum atomic E-state index is 0.0208. The molecular formula is C21H16N2OS3. The molecule has 0 spiro atoms. The number of rotatable bonds is 3. The van der Waals surface area contributed by atoms with Crippen molar-refractivity contribution in [1.29, 1.82) is 0 Å². The molecule has 134 valence electrons. The Balaban J connectivity index is 1.44. The summed E-state index contributed by atoms with van der Waals surface area (Å²) in [5, 5.41) is 5.08. The van der Waals surface area contributed by atoms with Crippen LogP contribution in [-0.2, 0) is 11.2 Å². The molecule has 0 bridgehead atoms. The SMILES string of the molecule is O=C(/C=C/c1nc2ccccc2s1)N1CCc2sccc2C1c1cccs1. The topological polar surface area (TPSA) is 33.2 Å². The molecule has 1 amide bonds. The van der Waals surface area contributed by atoms with E-state index < -0.39 is 0 Å². The van der Waals surface area contributed by atoms with Gasteiger partial charge in [0.1, 0.15) is 5.01 Å². The van der Waals surface area contributed by atoms with Crippen molar-refractivity contribution in [3.05, 3.63) is 79.6 Å². The second-order valence-electron chi connectivity index (χ2n) is 6.35. The van der Waals surface area contributed by atoms with Gasteiger partial charge in [0.05, 0.1) is 16.3 Å². The highest BCUT2D eigenvalue weighted by Gasteiger charge is 2.32. The lowest BCUT2D eigenvalue weighted by Crippen LogP contribution is -2.38. The number of amides is 1. The summed E-state index contributed by atoms with van der Waals surface area (Å²) in [6.07, 6.45) is 4.45. The Morgan fingerprint density at radius 3 is 2.89 bits per heavy atom. The highest BCUT2D eigenvalue weighted by atomic mass is 32.1. The molecule has 0 fully saturated rings. The van der Waals surface area contributed by atoms with Crippen molar-refractivity contribution in [2.24, 2.45) is 0 Å². The Labute approximate surface area is 169 Å². The summed E-state index contributed by atoms with van der Waals surface area (Å²) in [4.78, 5) is 22.2. The maximum Gasteiger partial charge on any atom is 0.247 e. The van der Waals surface area contributed by atoms with E-state index in [0.717, 1.165) is 28.2 Å². The lowest BCUT2D eigenvalue weighted by molar-refractivity contribution is -0.127. The van der Waals surface area contributed by atoms with Crippen LogP contribution in [0.4, 0.5) is 0 Å². The maximum absolute atomic E-state index is 13.0. The summed E-state index contributed by atoms with van der Waals surface area (Å²) in [7, 11) is 0. The molecule has 3 nitrogen and oxygen atoms in total. The molecule has 0 saturated carbocycles. The summed E-state index contributed by atoms with van der Waals surface area (Å²) >= 11 is 5.11. The molecule has 3 aromatic heterocycles. The van der Waals surface area contributed by atoms with E-state index in [1.807, 2.05) is 29.2 Å². The van der Waals surface area contributed by atoms with Crippen LogP contribution in [0.2, 0.25) is 0 Å². The number of carbonyl (C=O) groups is 1. The van der Waals surface area contributed by atoms with E-state index in [2.05, 4.69) is 40.0 Å². The van der Waals surface area contributed by atoms with Crippen LogP contribution in [0.1, 0.15) is 26.4 Å². The monoisotopic (exact) mass is 408 g/mol. The van der Waals surface area contributed by atoms with Crippen molar-refractivity contribution in [2.75, 3.05) is 6.54 Å². The zero-order valence-electron chi connectivity index (χ0n) is 14.4. The van der Waals surface area contributed by atoms with Crippen LogP contribution in [0, 0.1) is 0 Å². The van der Waals surface area contributed by atoms with Crippen molar-refractivity contribution in [1.82, 2.24) is 9.88 Å². The van der Waals surface area contributed by atoms with Gasteiger partial charge in [0.15, 0.2) is 0 Å². The van der Waals surface area contributed by atoms with Gasteiger partial charge in [-0.1, -0.05) is 18.2 Å². The van der Waals surface area contributed by atoms with Crippen molar-refractivity contribution >= 4 is 56.2 Å². The predicted molar refractivity (Wildman–Crippen MR) is 115 cm³/mol. The van der Waals surface area contributed by atoms with E-state index in [9.17, 15) is 4.79 Å². The van der Waals surface area contributed by atoms with Crippen LogP contribution < -0.4 is 0 Å². The summed E-state index contributed by atoms with van der Waals surface area (Å²) in [5.74, 6) is 0.0458. The highest BCUT2D eigenvalue weighted by Crippen LogP contribution is 2.39. The van der Waals surface area contributed by atoms with Crippen LogP contribution in [0.3, 0.4) is 0 Å². The van der Waals surface area contributed by atoms with Crippen molar-refractivity contribution < 1.29 is 4.79 Å². The van der Waals surface area contributed by atoms with Crippen LogP contribution in [-0.4, -0.2) is 22.3 Å². The summed E-state index contributed by atoms with van der Waals surface area (Å²) < 4.78 is 1.14. The first kappa shape index (κ1) is 16.9. The molecule has 27 heavy (non-hydrogen) atoms. The van der Waals surface area contributed by atoms with Gasteiger partial charge < -0.3 is 4.90 Å². The Morgan fingerprint density at radius 2 is 2.04 bits per heavy atom. The lowest BCUT2D eigenvalue weighted by atomic mass is 9.98. The van der Waals surface area contributed by atoms with Crippen molar-refractivity contribution in [2.45, 2.75) is 12.5 Å². The summed E-state index contributed by atoms with van der Waals surface area (Å²) in [6.45, 7) is 0.749. The minimum absolute atomic E-state index is 0.0208. The largest absolute Gasteiger partial charge is 0.327 e. The molecule has 0 saturated heterocycles. The number of carbonyl (C=O) groups excluding carboxylic acids is 1. The third kappa shape index (κ3) is 3.14. The number of hydrogen-bond donors (Lipinski definition) is 0. The van der Waals surface area contributed by atoms with Gasteiger partial charge in [-0.25, -0.2) is 4.98 Å². The number of hydrogen-bond acceptors (Lipinski definition) is 5. The Bertz CT molecular complexity index is 1090. The zero-order valence-corrected chi connectivity index (χ0v) is 16.8. The fraction of sp³-hybridized carbons (Fsp3) is 0.143. The molecule has 1 unspecified atom stereocenters. The first-order valence-corrected chi connectivity index (χ1v) is 11.3. The van der Waals surface area contributed by atoms with Crippen LogP contribution in [0.5, 0.6) is 0 Å². The van der Waals surface area contributed by atoms with E-state index in [0.29, 0.717) is 0 Å². The fourth-order valence-electron chi connectivity index (χ4n) is 3.51. The molecule has 1 aliphatic heterocycles. The maximum atomic E-state index is 13.0. The minimum Gasteiger partial charge on any atom is -0.327 e. The Hall–Kier alpha value is -2.28. The molecule has 6 heteroatoms. The quantitative estimate of drug-likeness (QED) is 0.413. The van der Waals surface area contributed by atoms with Crippen molar-refractivity contribution in [3.8, 4) is 0 Å². The van der Waals surface area contributed by atoms with Gasteiger partial charge >= 0.3 is 0 Å². The third-order valence-corrected chi connectivity index (χ3v) is 7.66. The van der Waals surface area contributed by atoms with Crippen LogP contribution in [0.15, 0.2) is 59.3 Å². The van der Waals surface area contributed by atoms with Gasteiger partial charge in [-0.3, -0.25) is 4.79 Å². The first-order chi connectivity index (χ1) is 13.3. The fourth-order valence-corrected chi connectivity index (χ4v) is 6.14. The molecule has 0 N–H and O–H groups in total. The molecule has 0 aliphatic carbocycles. The van der Waals surface area contributed by atoms with Gasteiger partial charge in [0.2, 0.25) is 5.91 Å². The molecule has 1 aliphatic rings. The molecule has 0 radical (unpaired) electrons. The molecule has 4 aromatic rings. The number of thiophene rings is 2. The number of thiazole rings is 1. The van der Waals surface area contributed by atoms with E-state index >= 15 is 0 Å². The summed E-state index contributed by atoms with van der Waals surface area (Å²) in [5.41, 5.74) is 2.25. The molecular weight excluding hydrogens is 392 g/mol. The average molecular weight is 409 g/mol. The average Bonchev–Trinajstić information content (AvgIpc) is 3.45. The van der Waals surface area contributed by atoms with E-state index in [1.165, 1.54) is 15.3 Å². The standard InChI is InChI=1S/C21H16N2OS3/c24-20(8-7-19-22-15-4-1-2-5-17(15)27-19)23-11-9-16-14(10-13-26-16)21(23)18-6-3-12-25-18/h1-8,10,12-13,21H,9,11H2/b8-7+. The lowest BCUT2D eigenvalue weighted by Gasteiger charge is -2.34. The van der Waals surface area contributed by atoms with E-state index in [4.69, 9.17) is 0 Å². The normalized spacial score (nSPS) is 16.9. The number of fused-ring (bicyclic) bond motifs is 2. The first-order valence-electron chi connectivity index (χ1n) is 8.73. The molecule has 5 rings (SSSR count). The summed E-state index contributed by atoms with van der Waals surface area (Å²) in [6, 6.07) is 14.4. The number of benzene rings is 1. The number of aromatic nitrogens is 1. The molecule has 4 heterocycles. The number of para-hydroxylation sites is 1. The third-order valence-electron chi connectivity index (χ3n) is 4.74. The van der Waals surface area contributed by atoms with Crippen LogP contribution >= 0.6 is 34.0 Å². The molecule has 1 aromatic carbocycles. The highest BCUT2D eigenvalue weighted by molar-refractivity contribution is 7.19. The van der Waals surface area contributed by atoms with Gasteiger partial charge in [0.25, 0.3) is 0 Å². The Morgan fingerprint density at radius 1 is 1.11 bits per heavy atom. The second-order valence-corrected chi connectivity index (χ2v) is 9.39. The van der Waals surface area contributed by atoms with Gasteiger partial charge in [-0.05, 0) is 53.1 Å². The van der Waals surface area contributed by atoms with Gasteiger partial charge in [-0.15, -0.1) is 34.0 Å². The van der Waals surface area contributed by atoms with Crippen LogP contribution in [0.25, 0.3) is 16.3 Å². The second kappa shape index (κ2) is 7.03. The molecule has 1 atom stereocenters. The van der Waals surface area contributed by atoms with Gasteiger partial charge in [-0.2, -0.15) is 0 Å². The van der Waals surface area contributed by atoms with E-state index in [-0.39, 0.29) is 11.9 Å². The van der Waals surface area contributed by atoms with E-state index in [1.54, 1.807) is 40.1 Å². The zero-order chi connectivity index (χ0) is 18.2. The van der Waals surface area contributed by atoms with Crippen molar-refractivity contribution in [3.63, 3.8) is 0 Å². The number of nitrogens with zero attached hydrogens (tertiary/aromatic N) is 2. The smallest absolute Gasteiger partial charge is 0.247 e.